The van der Waals surface area contributed by atoms with Crippen LogP contribution in [-0.4, -0.2) is 17.0 Å². The van der Waals surface area contributed by atoms with Gasteiger partial charge in [0.25, 0.3) is 5.91 Å². The van der Waals surface area contributed by atoms with Crippen molar-refractivity contribution < 1.29 is 14.1 Å². The molecule has 0 bridgehead atoms. The highest BCUT2D eigenvalue weighted by Crippen LogP contribution is 2.20. The number of nitrogens with one attached hydrogen (secondary N) is 1. The lowest BCUT2D eigenvalue weighted by atomic mass is 10.1. The van der Waals surface area contributed by atoms with Crippen molar-refractivity contribution in [1.29, 1.82) is 0 Å². The van der Waals surface area contributed by atoms with Crippen LogP contribution in [0.4, 0.5) is 5.69 Å². The van der Waals surface area contributed by atoms with Gasteiger partial charge in [-0.1, -0.05) is 17.3 Å². The van der Waals surface area contributed by atoms with E-state index in [9.17, 15) is 9.59 Å². The molecule has 2 rings (SSSR count). The Kier molecular flexibility index (Phi) is 4.07. The van der Waals surface area contributed by atoms with Crippen LogP contribution in [0.25, 0.3) is 0 Å². The Labute approximate surface area is 122 Å². The molecule has 1 aromatic heterocycles. The van der Waals surface area contributed by atoms with Crippen molar-refractivity contribution >= 4 is 17.5 Å². The van der Waals surface area contributed by atoms with Crippen LogP contribution in [0.15, 0.2) is 22.7 Å². The maximum Gasteiger partial charge on any atom is 0.251 e. The first-order valence-electron chi connectivity index (χ1n) is 6.51. The molecule has 1 heterocycles. The third kappa shape index (κ3) is 3.10. The molecule has 2 aromatic rings. The number of aromatic nitrogens is 1. The van der Waals surface area contributed by atoms with Crippen molar-refractivity contribution in [2.45, 2.75) is 27.2 Å². The third-order valence-electron chi connectivity index (χ3n) is 3.31. The number of nitrogens with two attached hydrogens (primary N) is 1. The first-order valence-corrected chi connectivity index (χ1v) is 6.51. The standard InChI is InChI=1S/C15H17N3O3/c1-8-5-4-6-12(14(8)15(16)20)17-13(19)7-11-9(2)18-21-10(11)3/h4-6H,7H2,1-3H3,(H2,16,20)(H,17,19). The van der Waals surface area contributed by atoms with Crippen LogP contribution in [0.5, 0.6) is 0 Å². The van der Waals surface area contributed by atoms with E-state index < -0.39 is 5.91 Å². The van der Waals surface area contributed by atoms with Crippen molar-refractivity contribution in [2.75, 3.05) is 5.32 Å². The number of hydrogen-bond acceptors (Lipinski definition) is 4. The van der Waals surface area contributed by atoms with Gasteiger partial charge >= 0.3 is 0 Å². The minimum Gasteiger partial charge on any atom is -0.366 e. The van der Waals surface area contributed by atoms with Gasteiger partial charge in [-0.2, -0.15) is 0 Å². The Bertz CT molecular complexity index is 685. The largest absolute Gasteiger partial charge is 0.366 e. The lowest BCUT2D eigenvalue weighted by Gasteiger charge is -2.11. The molecule has 0 aliphatic heterocycles. The van der Waals surface area contributed by atoms with Crippen LogP contribution < -0.4 is 11.1 Å². The van der Waals surface area contributed by atoms with Crippen LogP contribution in [0.1, 0.15) is 32.9 Å². The molecule has 0 atom stereocenters. The van der Waals surface area contributed by atoms with Crippen molar-refractivity contribution in [2.24, 2.45) is 5.73 Å². The lowest BCUT2D eigenvalue weighted by molar-refractivity contribution is -0.115. The van der Waals surface area contributed by atoms with Gasteiger partial charge in [0.1, 0.15) is 5.76 Å². The van der Waals surface area contributed by atoms with Crippen LogP contribution in [-0.2, 0) is 11.2 Å². The summed E-state index contributed by atoms with van der Waals surface area (Å²) in [5, 5.41) is 6.52. The number of carbonyl (C=O) groups is 2. The maximum atomic E-state index is 12.1. The molecule has 2 amide bonds. The Morgan fingerprint density at radius 1 is 1.29 bits per heavy atom. The molecule has 0 aliphatic carbocycles. The quantitative estimate of drug-likeness (QED) is 0.897. The SMILES string of the molecule is Cc1cccc(NC(=O)Cc2c(C)noc2C)c1C(N)=O. The zero-order valence-corrected chi connectivity index (χ0v) is 12.2. The second kappa shape index (κ2) is 5.78. The highest BCUT2D eigenvalue weighted by atomic mass is 16.5. The van der Waals surface area contributed by atoms with Crippen molar-refractivity contribution in [3.8, 4) is 0 Å². The first kappa shape index (κ1) is 14.8. The summed E-state index contributed by atoms with van der Waals surface area (Å²) in [5.41, 5.74) is 8.25. The molecule has 6 heteroatoms. The zero-order valence-electron chi connectivity index (χ0n) is 12.2. The second-order valence-electron chi connectivity index (χ2n) is 4.89. The summed E-state index contributed by atoms with van der Waals surface area (Å²) >= 11 is 0. The monoisotopic (exact) mass is 287 g/mol. The molecule has 0 aliphatic rings. The van der Waals surface area contributed by atoms with Gasteiger partial charge in [-0.25, -0.2) is 0 Å². The molecular weight excluding hydrogens is 270 g/mol. The fourth-order valence-electron chi connectivity index (χ4n) is 2.21. The highest BCUT2D eigenvalue weighted by molar-refractivity contribution is 6.04. The van der Waals surface area contributed by atoms with Gasteiger partial charge < -0.3 is 15.6 Å². The Balaban J connectivity index is 2.21. The molecule has 0 radical (unpaired) electrons. The number of carbonyl (C=O) groups excluding carboxylic acids is 2. The fourth-order valence-corrected chi connectivity index (χ4v) is 2.21. The van der Waals surface area contributed by atoms with E-state index in [1.54, 1.807) is 39.0 Å². The molecule has 110 valence electrons. The average Bonchev–Trinajstić information content (AvgIpc) is 2.70. The topological polar surface area (TPSA) is 98.2 Å². The second-order valence-corrected chi connectivity index (χ2v) is 4.89. The van der Waals surface area contributed by atoms with E-state index in [0.29, 0.717) is 22.7 Å². The summed E-state index contributed by atoms with van der Waals surface area (Å²) in [4.78, 5) is 23.6. The summed E-state index contributed by atoms with van der Waals surface area (Å²) < 4.78 is 5.02. The van der Waals surface area contributed by atoms with Crippen molar-refractivity contribution in [3.05, 3.63) is 46.3 Å². The van der Waals surface area contributed by atoms with E-state index in [2.05, 4.69) is 10.5 Å². The zero-order chi connectivity index (χ0) is 15.6. The third-order valence-corrected chi connectivity index (χ3v) is 3.31. The van der Waals surface area contributed by atoms with Crippen LogP contribution >= 0.6 is 0 Å². The summed E-state index contributed by atoms with van der Waals surface area (Å²) in [5.74, 6) is -0.208. The molecule has 6 nitrogen and oxygen atoms in total. The number of nitrogens with zero attached hydrogens (tertiary/aromatic N) is 1. The normalized spacial score (nSPS) is 10.4. The summed E-state index contributed by atoms with van der Waals surface area (Å²) in [6, 6.07) is 5.18. The predicted octanol–water partition coefficient (Wildman–Crippen LogP) is 1.88. The van der Waals surface area contributed by atoms with Gasteiger partial charge in [-0.05, 0) is 32.4 Å². The Hall–Kier alpha value is -2.63. The molecule has 0 saturated heterocycles. The van der Waals surface area contributed by atoms with Crippen LogP contribution in [0, 0.1) is 20.8 Å². The molecule has 0 spiro atoms. The average molecular weight is 287 g/mol. The van der Waals surface area contributed by atoms with Gasteiger partial charge in [0.05, 0.1) is 23.4 Å². The molecule has 1 aromatic carbocycles. The number of rotatable bonds is 4. The van der Waals surface area contributed by atoms with Crippen LogP contribution in [0.3, 0.4) is 0 Å². The number of benzene rings is 1. The predicted molar refractivity (Wildman–Crippen MR) is 78.0 cm³/mol. The molecule has 0 unspecified atom stereocenters. The van der Waals surface area contributed by atoms with Crippen molar-refractivity contribution in [3.63, 3.8) is 0 Å². The van der Waals surface area contributed by atoms with E-state index >= 15 is 0 Å². The smallest absolute Gasteiger partial charge is 0.251 e. The van der Waals surface area contributed by atoms with Gasteiger partial charge in [0.2, 0.25) is 5.91 Å². The van der Waals surface area contributed by atoms with Gasteiger partial charge in [0, 0.05) is 5.56 Å². The number of amides is 2. The molecule has 0 fully saturated rings. The maximum absolute atomic E-state index is 12.1. The number of anilines is 1. The molecule has 3 N–H and O–H groups in total. The minimum atomic E-state index is -0.569. The van der Waals surface area contributed by atoms with Gasteiger partial charge in [-0.3, -0.25) is 9.59 Å². The molecule has 21 heavy (non-hydrogen) atoms. The summed E-state index contributed by atoms with van der Waals surface area (Å²) in [6.07, 6.45) is 0.132. The van der Waals surface area contributed by atoms with E-state index in [-0.39, 0.29) is 12.3 Å². The minimum absolute atomic E-state index is 0.132. The molecular formula is C15H17N3O3. The van der Waals surface area contributed by atoms with Gasteiger partial charge in [-0.15, -0.1) is 0 Å². The highest BCUT2D eigenvalue weighted by Gasteiger charge is 2.16. The number of hydrogen-bond donors (Lipinski definition) is 2. The van der Waals surface area contributed by atoms with Crippen molar-refractivity contribution in [1.82, 2.24) is 5.16 Å². The van der Waals surface area contributed by atoms with Gasteiger partial charge in [0.15, 0.2) is 0 Å². The van der Waals surface area contributed by atoms with E-state index in [4.69, 9.17) is 10.3 Å². The molecule has 0 saturated carbocycles. The Morgan fingerprint density at radius 2 is 2.00 bits per heavy atom. The lowest BCUT2D eigenvalue weighted by Crippen LogP contribution is -2.20. The fraction of sp³-hybridized carbons (Fsp3) is 0.267. The van der Waals surface area contributed by atoms with E-state index in [1.807, 2.05) is 0 Å². The van der Waals surface area contributed by atoms with Crippen LogP contribution in [0.2, 0.25) is 0 Å². The van der Waals surface area contributed by atoms with E-state index in [1.165, 1.54) is 0 Å². The van der Waals surface area contributed by atoms with E-state index in [0.717, 1.165) is 11.1 Å². The number of primary amides is 1. The summed E-state index contributed by atoms with van der Waals surface area (Å²) in [6.45, 7) is 5.30. The summed E-state index contributed by atoms with van der Waals surface area (Å²) in [7, 11) is 0. The Morgan fingerprint density at radius 3 is 2.57 bits per heavy atom. The number of aryl methyl sites for hydroxylation is 3. The first-order chi connectivity index (χ1) is 9.90.